The van der Waals surface area contributed by atoms with Crippen LogP contribution in [0.5, 0.6) is 0 Å². The van der Waals surface area contributed by atoms with E-state index in [0.29, 0.717) is 36.9 Å². The van der Waals surface area contributed by atoms with Crippen LogP contribution in [0.3, 0.4) is 0 Å². The van der Waals surface area contributed by atoms with Crippen molar-refractivity contribution in [2.24, 2.45) is 0 Å². The average molecular weight is 450 g/mol. The van der Waals surface area contributed by atoms with Gasteiger partial charge in [0.25, 0.3) is 11.8 Å². The van der Waals surface area contributed by atoms with Gasteiger partial charge in [-0.1, -0.05) is 29.8 Å². The molecule has 0 aliphatic carbocycles. The summed E-state index contributed by atoms with van der Waals surface area (Å²) in [6, 6.07) is 8.54. The number of nitrogens with one attached hydrogen (secondary N) is 2. The number of benzene rings is 1. The number of amides is 2. The molecule has 1 aromatic carbocycles. The van der Waals surface area contributed by atoms with Crippen LogP contribution in [0.4, 0.5) is 0 Å². The molecule has 1 aliphatic rings. The van der Waals surface area contributed by atoms with Crippen LogP contribution in [0.15, 0.2) is 36.5 Å². The van der Waals surface area contributed by atoms with Crippen molar-refractivity contribution >= 4 is 23.4 Å². The van der Waals surface area contributed by atoms with Gasteiger partial charge in [-0.15, -0.1) is 0 Å². The Morgan fingerprint density at radius 2 is 2.03 bits per heavy atom. The highest BCUT2D eigenvalue weighted by molar-refractivity contribution is 6.31. The summed E-state index contributed by atoms with van der Waals surface area (Å²) < 4.78 is 1.69. The Labute approximate surface area is 186 Å². The topological polar surface area (TPSA) is 120 Å². The van der Waals surface area contributed by atoms with Crippen molar-refractivity contribution in [2.45, 2.75) is 44.7 Å². The van der Waals surface area contributed by atoms with Gasteiger partial charge in [-0.25, -0.2) is 0 Å². The number of aromatic nitrogens is 2. The maximum Gasteiger partial charge on any atom is 0.255 e. The van der Waals surface area contributed by atoms with Crippen LogP contribution in [-0.4, -0.2) is 74.6 Å². The molecule has 2 heterocycles. The van der Waals surface area contributed by atoms with Gasteiger partial charge >= 0.3 is 0 Å². The van der Waals surface area contributed by atoms with E-state index in [9.17, 15) is 19.8 Å². The second-order valence-electron chi connectivity index (χ2n) is 7.73. The number of aliphatic hydroxyl groups excluding tert-OH is 2. The Bertz CT molecular complexity index is 921. The molecule has 31 heavy (non-hydrogen) atoms. The van der Waals surface area contributed by atoms with Crippen molar-refractivity contribution in [3.63, 3.8) is 0 Å². The van der Waals surface area contributed by atoms with Gasteiger partial charge in [0.1, 0.15) is 0 Å². The molecule has 0 bridgehead atoms. The Morgan fingerprint density at radius 1 is 1.29 bits per heavy atom. The molecule has 2 aromatic rings. The second-order valence-corrected chi connectivity index (χ2v) is 8.14. The highest BCUT2D eigenvalue weighted by atomic mass is 35.5. The summed E-state index contributed by atoms with van der Waals surface area (Å²) in [5.74, 6) is -1.50. The molecule has 168 valence electrons. The normalized spacial score (nSPS) is 19.5. The van der Waals surface area contributed by atoms with Crippen LogP contribution in [0.1, 0.15) is 31.1 Å². The molecule has 0 unspecified atom stereocenters. The molecular weight excluding hydrogens is 422 g/mol. The lowest BCUT2D eigenvalue weighted by atomic mass is 10.1. The Hall–Kier alpha value is -2.46. The first kappa shape index (κ1) is 23.2. The molecule has 1 aromatic heterocycles. The van der Waals surface area contributed by atoms with E-state index < -0.39 is 30.1 Å². The van der Waals surface area contributed by atoms with E-state index in [2.05, 4.69) is 15.7 Å². The number of piperazine rings is 1. The van der Waals surface area contributed by atoms with Crippen molar-refractivity contribution in [2.75, 3.05) is 19.6 Å². The lowest BCUT2D eigenvalue weighted by molar-refractivity contribution is -0.155. The molecule has 4 N–H and O–H groups in total. The molecule has 0 radical (unpaired) electrons. The third kappa shape index (κ3) is 5.62. The van der Waals surface area contributed by atoms with E-state index in [-0.39, 0.29) is 6.04 Å². The largest absolute Gasteiger partial charge is 0.380 e. The van der Waals surface area contributed by atoms with E-state index in [0.717, 1.165) is 5.56 Å². The smallest absolute Gasteiger partial charge is 0.255 e. The highest BCUT2D eigenvalue weighted by Crippen LogP contribution is 2.17. The summed E-state index contributed by atoms with van der Waals surface area (Å²) in [5.41, 5.74) is 1.49. The summed E-state index contributed by atoms with van der Waals surface area (Å²) in [4.78, 5) is 26.4. The van der Waals surface area contributed by atoms with Crippen LogP contribution < -0.4 is 10.6 Å². The predicted molar refractivity (Wildman–Crippen MR) is 115 cm³/mol. The third-order valence-corrected chi connectivity index (χ3v) is 5.73. The fourth-order valence-corrected chi connectivity index (χ4v) is 3.68. The molecule has 1 saturated heterocycles. The molecule has 10 heteroatoms. The van der Waals surface area contributed by atoms with Gasteiger partial charge in [0.05, 0.1) is 18.3 Å². The summed E-state index contributed by atoms with van der Waals surface area (Å²) in [6.45, 7) is 5.61. The van der Waals surface area contributed by atoms with Crippen LogP contribution in [-0.2, 0) is 16.1 Å². The van der Waals surface area contributed by atoms with E-state index in [4.69, 9.17) is 11.6 Å². The number of nitrogens with zero attached hydrogens (tertiary/aromatic N) is 3. The first-order chi connectivity index (χ1) is 14.8. The SMILES string of the molecule is C[C@@H](NC(=O)[C@H](O)[C@@H](O)C(=O)N1CCNC[C@@H]1C)c1ccn(Cc2ccccc2Cl)n1. The van der Waals surface area contributed by atoms with Gasteiger partial charge in [0, 0.05) is 36.9 Å². The van der Waals surface area contributed by atoms with Crippen LogP contribution in [0.25, 0.3) is 0 Å². The molecule has 1 aliphatic heterocycles. The molecule has 3 rings (SSSR count). The molecule has 2 amide bonds. The maximum atomic E-state index is 12.5. The summed E-state index contributed by atoms with van der Waals surface area (Å²) in [6.07, 6.45) is -1.94. The zero-order valence-corrected chi connectivity index (χ0v) is 18.3. The maximum absolute atomic E-state index is 12.5. The first-order valence-electron chi connectivity index (χ1n) is 10.2. The average Bonchev–Trinajstić information content (AvgIpc) is 3.23. The van der Waals surface area contributed by atoms with Crippen molar-refractivity contribution in [1.29, 1.82) is 0 Å². The Kier molecular flexibility index (Phi) is 7.66. The van der Waals surface area contributed by atoms with Gasteiger partial charge in [0.2, 0.25) is 0 Å². The minimum atomic E-state index is -1.87. The van der Waals surface area contributed by atoms with Crippen LogP contribution in [0.2, 0.25) is 5.02 Å². The van der Waals surface area contributed by atoms with Crippen molar-refractivity contribution < 1.29 is 19.8 Å². The Balaban J connectivity index is 1.57. The number of hydrogen-bond acceptors (Lipinski definition) is 6. The third-order valence-electron chi connectivity index (χ3n) is 5.36. The number of hydrogen-bond donors (Lipinski definition) is 4. The highest BCUT2D eigenvalue weighted by Gasteiger charge is 2.36. The lowest BCUT2D eigenvalue weighted by Crippen LogP contribution is -2.58. The van der Waals surface area contributed by atoms with Gasteiger partial charge < -0.3 is 25.7 Å². The number of rotatable bonds is 7. The zero-order chi connectivity index (χ0) is 22.5. The van der Waals surface area contributed by atoms with Gasteiger partial charge in [-0.2, -0.15) is 5.10 Å². The summed E-state index contributed by atoms with van der Waals surface area (Å²) in [5, 5.41) is 31.3. The fraction of sp³-hybridized carbons (Fsp3) is 0.476. The van der Waals surface area contributed by atoms with Crippen molar-refractivity contribution in [3.8, 4) is 0 Å². The van der Waals surface area contributed by atoms with Gasteiger partial charge in [0.15, 0.2) is 12.2 Å². The molecule has 4 atom stereocenters. The lowest BCUT2D eigenvalue weighted by Gasteiger charge is -2.35. The molecule has 0 spiro atoms. The molecule has 9 nitrogen and oxygen atoms in total. The van der Waals surface area contributed by atoms with Gasteiger partial charge in [-0.05, 0) is 31.5 Å². The van der Waals surface area contributed by atoms with E-state index in [1.54, 1.807) is 29.9 Å². The number of halogens is 1. The summed E-state index contributed by atoms with van der Waals surface area (Å²) >= 11 is 6.18. The van der Waals surface area contributed by atoms with Gasteiger partial charge in [-0.3, -0.25) is 14.3 Å². The first-order valence-corrected chi connectivity index (χ1v) is 10.6. The summed E-state index contributed by atoms with van der Waals surface area (Å²) in [7, 11) is 0. The van der Waals surface area contributed by atoms with E-state index in [1.807, 2.05) is 25.1 Å². The monoisotopic (exact) mass is 449 g/mol. The number of carbonyl (C=O) groups is 2. The fourth-order valence-electron chi connectivity index (χ4n) is 3.49. The standard InChI is InChI=1S/C21H28ClN5O4/c1-13-11-23-8-10-27(13)21(31)19(29)18(28)20(30)24-14(2)17-7-9-26(25-17)12-15-5-3-4-6-16(15)22/h3-7,9,13-14,18-19,23,28-29H,8,10-12H2,1-2H3,(H,24,30)/t13-,14+,18+,19+/m0/s1. The zero-order valence-electron chi connectivity index (χ0n) is 17.5. The van der Waals surface area contributed by atoms with Crippen molar-refractivity contribution in [3.05, 3.63) is 52.8 Å². The van der Waals surface area contributed by atoms with Crippen molar-refractivity contribution in [1.82, 2.24) is 25.3 Å². The molecular formula is C21H28ClN5O4. The number of aliphatic hydroxyl groups is 2. The molecule has 0 saturated carbocycles. The molecule has 1 fully saturated rings. The number of carbonyl (C=O) groups excluding carboxylic acids is 2. The minimum Gasteiger partial charge on any atom is -0.380 e. The van der Waals surface area contributed by atoms with Crippen LogP contribution >= 0.6 is 11.6 Å². The predicted octanol–water partition coefficient (Wildman–Crippen LogP) is 0.304. The van der Waals surface area contributed by atoms with E-state index in [1.165, 1.54) is 4.90 Å². The quantitative estimate of drug-likeness (QED) is 0.483. The minimum absolute atomic E-state index is 0.132. The Morgan fingerprint density at radius 3 is 2.74 bits per heavy atom. The second kappa shape index (κ2) is 10.2. The van der Waals surface area contributed by atoms with E-state index >= 15 is 0 Å². The van der Waals surface area contributed by atoms with Crippen LogP contribution in [0, 0.1) is 0 Å².